The van der Waals surface area contributed by atoms with Crippen molar-refractivity contribution in [2.24, 2.45) is 0 Å². The van der Waals surface area contributed by atoms with E-state index < -0.39 is 5.91 Å². The van der Waals surface area contributed by atoms with Crippen LogP contribution in [0.4, 0.5) is 11.4 Å². The van der Waals surface area contributed by atoms with Gasteiger partial charge in [-0.05, 0) is 74.4 Å². The minimum absolute atomic E-state index is 0.00630. The molecule has 0 atom stereocenters. The Labute approximate surface area is 207 Å². The second-order valence-electron chi connectivity index (χ2n) is 8.03. The lowest BCUT2D eigenvalue weighted by Crippen LogP contribution is -2.21. The van der Waals surface area contributed by atoms with Crippen LogP contribution >= 0.6 is 0 Å². The summed E-state index contributed by atoms with van der Waals surface area (Å²) in [6.07, 6.45) is 1.53. The largest absolute Gasteiger partial charge is 0.493 e. The van der Waals surface area contributed by atoms with E-state index in [-0.39, 0.29) is 5.57 Å². The summed E-state index contributed by atoms with van der Waals surface area (Å²) in [6, 6.07) is 23.0. The highest BCUT2D eigenvalue weighted by molar-refractivity contribution is 6.09. The Balaban J connectivity index is 1.70. The molecule has 6 nitrogen and oxygen atoms in total. The van der Waals surface area contributed by atoms with Gasteiger partial charge in [0.25, 0.3) is 5.91 Å². The summed E-state index contributed by atoms with van der Waals surface area (Å²) in [5.74, 6) is 0.638. The number of nitriles is 1. The third-order valence-electron chi connectivity index (χ3n) is 5.63. The van der Waals surface area contributed by atoms with Gasteiger partial charge in [-0.2, -0.15) is 5.26 Å². The van der Waals surface area contributed by atoms with Crippen LogP contribution in [0.1, 0.15) is 30.5 Å². The van der Waals surface area contributed by atoms with Crippen LogP contribution in [-0.4, -0.2) is 26.1 Å². The van der Waals surface area contributed by atoms with Crippen LogP contribution in [0.2, 0.25) is 0 Å². The summed E-state index contributed by atoms with van der Waals surface area (Å²) >= 11 is 0. The molecular formula is C29H31N3O3. The maximum atomic E-state index is 12.7. The fourth-order valence-corrected chi connectivity index (χ4v) is 3.60. The third-order valence-corrected chi connectivity index (χ3v) is 5.63. The highest BCUT2D eigenvalue weighted by Gasteiger charge is 2.12. The number of ether oxygens (including phenoxy) is 2. The summed E-state index contributed by atoms with van der Waals surface area (Å²) < 4.78 is 11.4. The molecule has 0 aromatic heterocycles. The maximum Gasteiger partial charge on any atom is 0.266 e. The summed E-state index contributed by atoms with van der Waals surface area (Å²) in [5.41, 5.74) is 4.61. The second-order valence-corrected chi connectivity index (χ2v) is 8.03. The van der Waals surface area contributed by atoms with Crippen molar-refractivity contribution in [2.75, 3.05) is 30.4 Å². The van der Waals surface area contributed by atoms with Crippen LogP contribution < -0.4 is 19.7 Å². The first kappa shape index (κ1) is 25.4. The van der Waals surface area contributed by atoms with E-state index >= 15 is 0 Å². The Morgan fingerprint density at radius 2 is 1.69 bits per heavy atom. The molecule has 3 rings (SSSR count). The highest BCUT2D eigenvalue weighted by Crippen LogP contribution is 2.30. The zero-order valence-corrected chi connectivity index (χ0v) is 20.7. The van der Waals surface area contributed by atoms with Crippen LogP contribution in [0.15, 0.2) is 72.3 Å². The number of hydrogen-bond donors (Lipinski definition) is 1. The van der Waals surface area contributed by atoms with Gasteiger partial charge < -0.3 is 19.7 Å². The quantitative estimate of drug-likeness (QED) is 0.292. The molecule has 0 unspecified atom stereocenters. The predicted molar refractivity (Wildman–Crippen MR) is 141 cm³/mol. The molecule has 0 aliphatic rings. The van der Waals surface area contributed by atoms with E-state index in [0.717, 1.165) is 24.3 Å². The fourth-order valence-electron chi connectivity index (χ4n) is 3.60. The number of rotatable bonds is 10. The lowest BCUT2D eigenvalue weighted by Gasteiger charge is -2.21. The monoisotopic (exact) mass is 469 g/mol. The highest BCUT2D eigenvalue weighted by atomic mass is 16.5. The van der Waals surface area contributed by atoms with E-state index in [0.29, 0.717) is 29.4 Å². The third kappa shape index (κ3) is 6.87. The smallest absolute Gasteiger partial charge is 0.266 e. The van der Waals surface area contributed by atoms with Crippen molar-refractivity contribution in [3.63, 3.8) is 0 Å². The van der Waals surface area contributed by atoms with E-state index in [2.05, 4.69) is 24.1 Å². The molecule has 0 heterocycles. The average Bonchev–Trinajstić information content (AvgIpc) is 2.88. The Hall–Kier alpha value is -4.24. The Morgan fingerprint density at radius 3 is 2.29 bits per heavy atom. The molecule has 35 heavy (non-hydrogen) atoms. The number of methoxy groups -OCH3 is 1. The van der Waals surface area contributed by atoms with Crippen molar-refractivity contribution >= 4 is 23.4 Å². The molecule has 0 saturated heterocycles. The van der Waals surface area contributed by atoms with E-state index in [1.54, 1.807) is 25.3 Å². The van der Waals surface area contributed by atoms with Crippen molar-refractivity contribution < 1.29 is 14.3 Å². The van der Waals surface area contributed by atoms with Crippen molar-refractivity contribution in [2.45, 2.75) is 27.4 Å². The standard InChI is InChI=1S/C29H31N3O3/c1-5-32(6-2)26-14-12-25(13-15-26)31-29(33)24(19-30)17-23-11-16-27(28(18-23)34-4)35-20-22-9-7-21(3)8-10-22/h7-18H,5-6,20H2,1-4H3,(H,31,33)/b24-17-. The van der Waals surface area contributed by atoms with E-state index in [9.17, 15) is 10.1 Å². The molecule has 0 fully saturated rings. The van der Waals surface area contributed by atoms with Gasteiger partial charge in [-0.15, -0.1) is 0 Å². The van der Waals surface area contributed by atoms with Gasteiger partial charge in [-0.3, -0.25) is 4.79 Å². The van der Waals surface area contributed by atoms with E-state index in [1.165, 1.54) is 11.6 Å². The van der Waals surface area contributed by atoms with E-state index in [1.807, 2.05) is 61.5 Å². The minimum atomic E-state index is -0.471. The maximum absolute atomic E-state index is 12.7. The number of carbonyl (C=O) groups excluding carboxylic acids is 1. The normalized spacial score (nSPS) is 10.9. The van der Waals surface area contributed by atoms with Crippen molar-refractivity contribution in [1.29, 1.82) is 5.26 Å². The molecule has 0 spiro atoms. The fraction of sp³-hybridized carbons (Fsp3) is 0.241. The number of carbonyl (C=O) groups is 1. The van der Waals surface area contributed by atoms with Crippen molar-refractivity contribution in [1.82, 2.24) is 0 Å². The molecule has 0 radical (unpaired) electrons. The lowest BCUT2D eigenvalue weighted by atomic mass is 10.1. The van der Waals surface area contributed by atoms with Crippen molar-refractivity contribution in [3.05, 3.63) is 89.0 Å². The van der Waals surface area contributed by atoms with Crippen LogP contribution in [0.5, 0.6) is 11.5 Å². The molecule has 180 valence electrons. The topological polar surface area (TPSA) is 74.6 Å². The molecule has 6 heteroatoms. The summed E-state index contributed by atoms with van der Waals surface area (Å²) in [7, 11) is 1.56. The molecule has 3 aromatic carbocycles. The summed E-state index contributed by atoms with van der Waals surface area (Å²) in [4.78, 5) is 14.9. The molecule has 1 amide bonds. The predicted octanol–water partition coefficient (Wildman–Crippen LogP) is 5.97. The number of anilines is 2. The SMILES string of the molecule is CCN(CC)c1ccc(NC(=O)/C(C#N)=C\c2ccc(OCc3ccc(C)cc3)c(OC)c2)cc1. The van der Waals surface area contributed by atoms with Crippen LogP contribution in [-0.2, 0) is 11.4 Å². The number of aryl methyl sites for hydroxylation is 1. The van der Waals surface area contributed by atoms with Gasteiger partial charge in [-0.1, -0.05) is 35.9 Å². The van der Waals surface area contributed by atoms with Crippen LogP contribution in [0.3, 0.4) is 0 Å². The van der Waals surface area contributed by atoms with Gasteiger partial charge in [0, 0.05) is 24.5 Å². The van der Waals surface area contributed by atoms with Gasteiger partial charge in [0.15, 0.2) is 11.5 Å². The summed E-state index contributed by atoms with van der Waals surface area (Å²) in [5, 5.41) is 12.4. The van der Waals surface area contributed by atoms with Gasteiger partial charge in [0.2, 0.25) is 0 Å². The van der Waals surface area contributed by atoms with Gasteiger partial charge >= 0.3 is 0 Å². The first-order valence-corrected chi connectivity index (χ1v) is 11.6. The van der Waals surface area contributed by atoms with E-state index in [4.69, 9.17) is 9.47 Å². The molecule has 3 aromatic rings. The second kappa shape index (κ2) is 12.3. The zero-order valence-electron chi connectivity index (χ0n) is 20.7. The lowest BCUT2D eigenvalue weighted by molar-refractivity contribution is -0.112. The van der Waals surface area contributed by atoms with Crippen molar-refractivity contribution in [3.8, 4) is 17.6 Å². The Bertz CT molecular complexity index is 1210. The van der Waals surface area contributed by atoms with Crippen LogP contribution in [0, 0.1) is 18.3 Å². The van der Waals surface area contributed by atoms with Crippen LogP contribution in [0.25, 0.3) is 6.08 Å². The molecular weight excluding hydrogens is 438 g/mol. The number of nitrogens with zero attached hydrogens (tertiary/aromatic N) is 2. The zero-order chi connectivity index (χ0) is 25.2. The van der Waals surface area contributed by atoms with Gasteiger partial charge in [0.05, 0.1) is 7.11 Å². The average molecular weight is 470 g/mol. The molecule has 0 aliphatic carbocycles. The molecule has 0 bridgehead atoms. The summed E-state index contributed by atoms with van der Waals surface area (Å²) in [6.45, 7) is 8.46. The molecule has 1 N–H and O–H groups in total. The molecule has 0 aliphatic heterocycles. The first-order valence-electron chi connectivity index (χ1n) is 11.6. The number of benzene rings is 3. The first-order chi connectivity index (χ1) is 17.0. The minimum Gasteiger partial charge on any atom is -0.493 e. The number of hydrogen-bond acceptors (Lipinski definition) is 5. The molecule has 0 saturated carbocycles. The Morgan fingerprint density at radius 1 is 1.00 bits per heavy atom. The van der Waals surface area contributed by atoms with Gasteiger partial charge in [0.1, 0.15) is 18.2 Å². The number of nitrogens with one attached hydrogen (secondary N) is 1. The Kier molecular flexibility index (Phi) is 8.91. The van der Waals surface area contributed by atoms with Gasteiger partial charge in [-0.25, -0.2) is 0 Å². The number of amides is 1.